The van der Waals surface area contributed by atoms with Gasteiger partial charge in [-0.15, -0.1) is 0 Å². The van der Waals surface area contributed by atoms with E-state index in [1.54, 1.807) is 14.0 Å². The summed E-state index contributed by atoms with van der Waals surface area (Å²) < 4.78 is 36.3. The Morgan fingerprint density at radius 1 is 1.10 bits per heavy atom. The first-order valence-electron chi connectivity index (χ1n) is 20.0. The molecule has 8 rings (SSSR count). The van der Waals surface area contributed by atoms with E-state index < -0.39 is 46.9 Å². The highest BCUT2D eigenvalue weighted by Crippen LogP contribution is 2.62. The van der Waals surface area contributed by atoms with E-state index in [1.165, 1.54) is 25.8 Å². The molecule has 318 valence electrons. The molecule has 15 nitrogen and oxygen atoms in total. The summed E-state index contributed by atoms with van der Waals surface area (Å²) in [6.45, 7) is 6.80. The van der Waals surface area contributed by atoms with Gasteiger partial charge in [0.25, 0.3) is 0 Å². The zero-order valence-electron chi connectivity index (χ0n) is 35.3. The van der Waals surface area contributed by atoms with Crippen LogP contribution in [0.4, 0.5) is 0 Å². The van der Waals surface area contributed by atoms with E-state index in [2.05, 4.69) is 21.3 Å². The molecule has 1 aromatic heterocycles. The van der Waals surface area contributed by atoms with Crippen LogP contribution in [-0.2, 0) is 32.7 Å². The molecule has 16 heteroatoms. The Morgan fingerprint density at radius 3 is 2.50 bits per heavy atom. The average Bonchev–Trinajstić information content (AvgIpc) is 3.83. The number of nitrogens with one attached hydrogen (secondary N) is 2. The number of hydrogen-bond acceptors (Lipinski definition) is 15. The van der Waals surface area contributed by atoms with Crippen molar-refractivity contribution in [1.29, 1.82) is 5.26 Å². The van der Waals surface area contributed by atoms with E-state index in [4.69, 9.17) is 34.2 Å². The van der Waals surface area contributed by atoms with E-state index in [-0.39, 0.29) is 38.2 Å². The SMILES string of the molecule is COc1ccc2[nH]c3c(c2c1)C[C@H](CN)N[C@@]3(C)C(=O)OC[C@H]1c2c3c(c(C)c(OC(C)=O)c2[C@@H](SC)[C@H]2[C@@H](N(C)C)c4c(cc(C)c(OC)c4O)C[C@H](C#N)N21)OCO3. The number of aromatic amines is 1. The zero-order chi connectivity index (χ0) is 42.9. The number of phenolic OH excluding ortho intramolecular Hbond substituents is 1. The van der Waals surface area contributed by atoms with Crippen molar-refractivity contribution in [3.63, 3.8) is 0 Å². The van der Waals surface area contributed by atoms with Gasteiger partial charge in [-0.2, -0.15) is 17.0 Å². The van der Waals surface area contributed by atoms with E-state index in [9.17, 15) is 20.0 Å². The van der Waals surface area contributed by atoms with E-state index >= 15 is 0 Å². The number of H-pyrrole nitrogens is 1. The second-order valence-corrected chi connectivity index (χ2v) is 17.3. The molecule has 0 unspecified atom stereocenters. The Labute approximate surface area is 353 Å². The topological polar surface area (TPSA) is 194 Å². The minimum Gasteiger partial charge on any atom is -0.504 e. The van der Waals surface area contributed by atoms with Gasteiger partial charge in [0.2, 0.25) is 6.79 Å². The molecule has 7 atom stereocenters. The number of fused-ring (bicyclic) bond motifs is 8. The number of nitrogens with two attached hydrogens (primary N) is 1. The Balaban J connectivity index is 1.33. The maximum Gasteiger partial charge on any atom is 0.332 e. The standard InChI is InChI=1S/C44H52N6O9S/c1-20-12-23-13-25(17-46)50-30(18-56-43(53)44(4)42-28(14-24(16-45)48-44)27-15-26(54-7)10-11-29(27)47-42)32-33(38(59-22(3)51)21(2)39-40(32)58-19-57-39)41(60-9)35(50)34(49(5)6)31(23)36(52)37(20)55-8/h10-12,15,24-25,30,34-35,41,47-48,52H,13-14,16,18-19,45H2,1-9H3/t24-,25-,30+,34+,35-,41-,44-/m1/s1. The molecule has 5 N–H and O–H groups in total. The lowest BCUT2D eigenvalue weighted by Crippen LogP contribution is -2.59. The molecule has 0 radical (unpaired) electrons. The molecule has 0 amide bonds. The van der Waals surface area contributed by atoms with Gasteiger partial charge in [-0.3, -0.25) is 15.0 Å². The number of methoxy groups -OCH3 is 2. The van der Waals surface area contributed by atoms with Crippen LogP contribution in [0.2, 0.25) is 0 Å². The summed E-state index contributed by atoms with van der Waals surface area (Å²) in [7, 11) is 7.01. The van der Waals surface area contributed by atoms with E-state index in [0.717, 1.165) is 27.6 Å². The molecule has 0 fully saturated rings. The highest BCUT2D eigenvalue weighted by molar-refractivity contribution is 7.98. The largest absolute Gasteiger partial charge is 0.504 e. The van der Waals surface area contributed by atoms with Gasteiger partial charge in [0.15, 0.2) is 28.5 Å². The second kappa shape index (κ2) is 15.7. The molecule has 0 saturated heterocycles. The average molecular weight is 841 g/mol. The van der Waals surface area contributed by atoms with Crippen molar-refractivity contribution in [3.05, 3.63) is 68.9 Å². The van der Waals surface area contributed by atoms with Gasteiger partial charge in [-0.05, 0) is 82.4 Å². The molecular weight excluding hydrogens is 789 g/mol. The molecule has 4 aliphatic rings. The normalized spacial score (nSPS) is 25.4. The number of benzene rings is 3. The first-order chi connectivity index (χ1) is 28.7. The lowest BCUT2D eigenvalue weighted by molar-refractivity contribution is -0.155. The number of hydrogen-bond donors (Lipinski definition) is 4. The molecule has 3 aromatic carbocycles. The first-order valence-corrected chi connectivity index (χ1v) is 21.2. The Kier molecular flexibility index (Phi) is 10.9. The zero-order valence-corrected chi connectivity index (χ0v) is 36.2. The number of likely N-dealkylation sites (N-methyl/N-ethyl adjacent to an activating group) is 1. The number of aryl methyl sites for hydroxylation is 1. The number of aromatic hydroxyl groups is 1. The second-order valence-electron chi connectivity index (χ2n) is 16.4. The van der Waals surface area contributed by atoms with Crippen molar-refractivity contribution in [1.82, 2.24) is 20.1 Å². The molecule has 60 heavy (non-hydrogen) atoms. The van der Waals surface area contributed by atoms with Gasteiger partial charge >= 0.3 is 11.9 Å². The third-order valence-electron chi connectivity index (χ3n) is 12.7. The predicted octanol–water partition coefficient (Wildman–Crippen LogP) is 4.97. The van der Waals surface area contributed by atoms with Gasteiger partial charge in [0.1, 0.15) is 24.1 Å². The molecule has 0 aliphatic carbocycles. The van der Waals surface area contributed by atoms with Crippen molar-refractivity contribution in [2.45, 2.75) is 81.5 Å². The fourth-order valence-electron chi connectivity index (χ4n) is 10.2. The van der Waals surface area contributed by atoms with Crippen LogP contribution in [0.3, 0.4) is 0 Å². The number of nitrogens with zero attached hydrogens (tertiary/aromatic N) is 3. The molecule has 5 heterocycles. The summed E-state index contributed by atoms with van der Waals surface area (Å²) in [5, 5.41) is 27.2. The Hall–Kier alpha value is -5.18. The summed E-state index contributed by atoms with van der Waals surface area (Å²) in [5.41, 5.74) is 11.4. The molecule has 0 saturated carbocycles. The number of esters is 2. The third-order valence-corrected chi connectivity index (χ3v) is 13.7. The van der Waals surface area contributed by atoms with Crippen LogP contribution in [0.15, 0.2) is 24.3 Å². The smallest absolute Gasteiger partial charge is 0.332 e. The van der Waals surface area contributed by atoms with Crippen molar-refractivity contribution in [2.24, 2.45) is 5.73 Å². The van der Waals surface area contributed by atoms with E-state index in [0.29, 0.717) is 63.1 Å². The van der Waals surface area contributed by atoms with Crippen LogP contribution in [0.25, 0.3) is 10.9 Å². The minimum atomic E-state index is -1.35. The monoisotopic (exact) mass is 840 g/mol. The quantitative estimate of drug-likeness (QED) is 0.130. The summed E-state index contributed by atoms with van der Waals surface area (Å²) in [6.07, 6.45) is 2.79. The highest BCUT2D eigenvalue weighted by Gasteiger charge is 2.55. The third kappa shape index (κ3) is 6.32. The number of rotatable bonds is 9. The lowest BCUT2D eigenvalue weighted by atomic mass is 9.80. The van der Waals surface area contributed by atoms with Gasteiger partial charge in [-0.1, -0.05) is 6.07 Å². The van der Waals surface area contributed by atoms with Gasteiger partial charge in [-0.25, -0.2) is 4.79 Å². The van der Waals surface area contributed by atoms with Crippen LogP contribution in [0.1, 0.15) is 75.8 Å². The number of aromatic nitrogens is 1. The van der Waals surface area contributed by atoms with Crippen molar-refractivity contribution in [3.8, 4) is 40.6 Å². The summed E-state index contributed by atoms with van der Waals surface area (Å²) in [4.78, 5) is 35.5. The maximum absolute atomic E-state index is 15.0. The molecule has 0 bridgehead atoms. The first kappa shape index (κ1) is 41.5. The van der Waals surface area contributed by atoms with Crippen molar-refractivity contribution < 1.29 is 43.1 Å². The number of nitriles is 1. The van der Waals surface area contributed by atoms with Crippen LogP contribution in [-0.4, -0.2) is 104 Å². The van der Waals surface area contributed by atoms with Crippen LogP contribution >= 0.6 is 11.8 Å². The number of phenols is 1. The van der Waals surface area contributed by atoms with Crippen molar-refractivity contribution >= 4 is 34.6 Å². The molecule has 4 aromatic rings. The summed E-state index contributed by atoms with van der Waals surface area (Å²) in [5.74, 6) is 1.14. The molecule has 4 aliphatic heterocycles. The Bertz CT molecular complexity index is 2450. The fraction of sp³-hybridized carbons (Fsp3) is 0.477. The fourth-order valence-corrected chi connectivity index (χ4v) is 11.3. The van der Waals surface area contributed by atoms with Crippen LogP contribution < -0.4 is 34.7 Å². The minimum absolute atomic E-state index is 0.00189. The highest BCUT2D eigenvalue weighted by atomic mass is 32.2. The Morgan fingerprint density at radius 2 is 1.85 bits per heavy atom. The van der Waals surface area contributed by atoms with Crippen molar-refractivity contribution in [2.75, 3.05) is 54.5 Å². The number of carbonyl (C=O) groups is 2. The maximum atomic E-state index is 15.0. The lowest BCUT2D eigenvalue weighted by Gasteiger charge is -2.51. The number of carbonyl (C=O) groups excluding carboxylic acids is 2. The number of thioether (sulfide) groups is 1. The predicted molar refractivity (Wildman–Crippen MR) is 225 cm³/mol. The number of ether oxygens (including phenoxy) is 6. The van der Waals surface area contributed by atoms with Crippen LogP contribution in [0, 0.1) is 25.2 Å². The van der Waals surface area contributed by atoms with Gasteiger partial charge in [0.05, 0.1) is 43.3 Å². The van der Waals surface area contributed by atoms with Gasteiger partial charge in [0, 0.05) is 65.1 Å². The molecule has 0 spiro atoms. The van der Waals surface area contributed by atoms with Gasteiger partial charge < -0.3 is 49.1 Å². The van der Waals surface area contributed by atoms with E-state index in [1.807, 2.05) is 63.4 Å². The summed E-state index contributed by atoms with van der Waals surface area (Å²) in [6, 6.07) is 7.37. The summed E-state index contributed by atoms with van der Waals surface area (Å²) >= 11 is 1.53. The van der Waals surface area contributed by atoms with Crippen LogP contribution in [0.5, 0.6) is 34.5 Å². The molecular formula is C44H52N6O9S.